The van der Waals surface area contributed by atoms with Crippen LogP contribution in [0.4, 0.5) is 0 Å². The predicted molar refractivity (Wildman–Crippen MR) is 80.6 cm³/mol. The molecule has 0 spiro atoms. The number of para-hydroxylation sites is 1. The van der Waals surface area contributed by atoms with Gasteiger partial charge in [-0.25, -0.2) is 0 Å². The van der Waals surface area contributed by atoms with E-state index in [0.29, 0.717) is 5.92 Å². The largest absolute Gasteiger partial charge is 0.349 e. The van der Waals surface area contributed by atoms with Crippen molar-refractivity contribution in [2.75, 3.05) is 0 Å². The SMILES string of the molecule is C[C@H](NC(=O)c1ccnc2ccccc12)C1CCCC1. The smallest absolute Gasteiger partial charge is 0.252 e. The Hall–Kier alpha value is -1.90. The van der Waals surface area contributed by atoms with Gasteiger partial charge in [-0.3, -0.25) is 9.78 Å². The molecule has 0 unspecified atom stereocenters. The van der Waals surface area contributed by atoms with Crippen LogP contribution in [0.5, 0.6) is 0 Å². The van der Waals surface area contributed by atoms with Gasteiger partial charge in [0.25, 0.3) is 5.91 Å². The zero-order valence-corrected chi connectivity index (χ0v) is 11.8. The van der Waals surface area contributed by atoms with Gasteiger partial charge in [-0.1, -0.05) is 31.0 Å². The van der Waals surface area contributed by atoms with E-state index in [4.69, 9.17) is 0 Å². The second-order valence-electron chi connectivity index (χ2n) is 5.68. The highest BCUT2D eigenvalue weighted by Crippen LogP contribution is 2.27. The summed E-state index contributed by atoms with van der Waals surface area (Å²) >= 11 is 0. The summed E-state index contributed by atoms with van der Waals surface area (Å²) in [4.78, 5) is 16.8. The van der Waals surface area contributed by atoms with Crippen LogP contribution < -0.4 is 5.32 Å². The zero-order valence-electron chi connectivity index (χ0n) is 11.8. The molecule has 1 aliphatic carbocycles. The summed E-state index contributed by atoms with van der Waals surface area (Å²) in [6.45, 7) is 2.12. The molecular formula is C17H20N2O. The minimum absolute atomic E-state index is 0.0167. The van der Waals surface area contributed by atoms with Crippen LogP contribution in [-0.2, 0) is 0 Å². The van der Waals surface area contributed by atoms with Crippen molar-refractivity contribution in [3.63, 3.8) is 0 Å². The third-order valence-electron chi connectivity index (χ3n) is 4.36. The first-order chi connectivity index (χ1) is 9.75. The van der Waals surface area contributed by atoms with E-state index in [-0.39, 0.29) is 11.9 Å². The third-order valence-corrected chi connectivity index (χ3v) is 4.36. The molecule has 20 heavy (non-hydrogen) atoms. The van der Waals surface area contributed by atoms with E-state index in [0.717, 1.165) is 16.5 Å². The second kappa shape index (κ2) is 5.61. The van der Waals surface area contributed by atoms with E-state index < -0.39 is 0 Å². The van der Waals surface area contributed by atoms with E-state index in [1.54, 1.807) is 12.3 Å². The van der Waals surface area contributed by atoms with Crippen molar-refractivity contribution in [2.24, 2.45) is 5.92 Å². The molecule has 1 atom stereocenters. The van der Waals surface area contributed by atoms with Gasteiger partial charge in [-0.2, -0.15) is 0 Å². The fourth-order valence-electron chi connectivity index (χ4n) is 3.15. The van der Waals surface area contributed by atoms with Gasteiger partial charge < -0.3 is 5.32 Å². The lowest BCUT2D eigenvalue weighted by atomic mass is 9.99. The number of carbonyl (C=O) groups is 1. The van der Waals surface area contributed by atoms with Crippen LogP contribution in [0, 0.1) is 5.92 Å². The number of carbonyl (C=O) groups excluding carboxylic acids is 1. The molecule has 0 saturated heterocycles. The summed E-state index contributed by atoms with van der Waals surface area (Å²) in [5, 5.41) is 4.09. The molecule has 1 heterocycles. The number of benzene rings is 1. The molecule has 3 nitrogen and oxygen atoms in total. The number of hydrogen-bond acceptors (Lipinski definition) is 2. The number of hydrogen-bond donors (Lipinski definition) is 1. The monoisotopic (exact) mass is 268 g/mol. The van der Waals surface area contributed by atoms with Crippen molar-refractivity contribution in [1.82, 2.24) is 10.3 Å². The zero-order chi connectivity index (χ0) is 13.9. The predicted octanol–water partition coefficient (Wildman–Crippen LogP) is 3.54. The fraction of sp³-hybridized carbons (Fsp3) is 0.412. The fourth-order valence-corrected chi connectivity index (χ4v) is 3.15. The lowest BCUT2D eigenvalue weighted by molar-refractivity contribution is 0.0929. The lowest BCUT2D eigenvalue weighted by Crippen LogP contribution is -2.37. The molecule has 2 aromatic rings. The Balaban J connectivity index is 1.81. The number of nitrogens with zero attached hydrogens (tertiary/aromatic N) is 1. The van der Waals surface area contributed by atoms with E-state index in [9.17, 15) is 4.79 Å². The minimum Gasteiger partial charge on any atom is -0.349 e. The lowest BCUT2D eigenvalue weighted by Gasteiger charge is -2.20. The molecule has 1 aromatic heterocycles. The maximum absolute atomic E-state index is 12.5. The van der Waals surface area contributed by atoms with Gasteiger partial charge in [0, 0.05) is 17.6 Å². The number of aromatic nitrogens is 1. The minimum atomic E-state index is 0.0167. The van der Waals surface area contributed by atoms with Crippen molar-refractivity contribution in [1.29, 1.82) is 0 Å². The average molecular weight is 268 g/mol. The van der Waals surface area contributed by atoms with Crippen molar-refractivity contribution in [2.45, 2.75) is 38.6 Å². The van der Waals surface area contributed by atoms with Gasteiger partial charge in [0.05, 0.1) is 11.1 Å². The average Bonchev–Trinajstić information content (AvgIpc) is 3.01. The van der Waals surface area contributed by atoms with E-state index in [1.165, 1.54) is 25.7 Å². The van der Waals surface area contributed by atoms with E-state index in [1.807, 2.05) is 24.3 Å². The molecule has 3 rings (SSSR count). The summed E-state index contributed by atoms with van der Waals surface area (Å²) in [5.74, 6) is 0.648. The number of rotatable bonds is 3. The van der Waals surface area contributed by atoms with E-state index in [2.05, 4.69) is 17.2 Å². The summed E-state index contributed by atoms with van der Waals surface area (Å²) < 4.78 is 0. The molecule has 1 N–H and O–H groups in total. The van der Waals surface area contributed by atoms with Crippen molar-refractivity contribution < 1.29 is 4.79 Å². The Labute approximate surface area is 119 Å². The molecule has 1 aliphatic rings. The van der Waals surface area contributed by atoms with E-state index >= 15 is 0 Å². The highest BCUT2D eigenvalue weighted by molar-refractivity contribution is 6.06. The molecule has 0 aliphatic heterocycles. The van der Waals surface area contributed by atoms with Crippen molar-refractivity contribution in [3.8, 4) is 0 Å². The van der Waals surface area contributed by atoms with Gasteiger partial charge in [-0.15, -0.1) is 0 Å². The number of amides is 1. The van der Waals surface area contributed by atoms with Crippen molar-refractivity contribution in [3.05, 3.63) is 42.1 Å². The Morgan fingerprint density at radius 2 is 2.00 bits per heavy atom. The maximum atomic E-state index is 12.5. The third kappa shape index (κ3) is 2.53. The van der Waals surface area contributed by atoms with Crippen LogP contribution in [0.3, 0.4) is 0 Å². The first-order valence-electron chi connectivity index (χ1n) is 7.40. The molecule has 1 aromatic carbocycles. The Kier molecular flexibility index (Phi) is 3.68. The molecule has 0 radical (unpaired) electrons. The summed E-state index contributed by atoms with van der Waals surface area (Å²) in [5.41, 5.74) is 1.59. The van der Waals surface area contributed by atoms with Crippen molar-refractivity contribution >= 4 is 16.8 Å². The molecule has 104 valence electrons. The number of nitrogens with one attached hydrogen (secondary N) is 1. The normalized spacial score (nSPS) is 17.2. The molecule has 3 heteroatoms. The van der Waals surface area contributed by atoms with Gasteiger partial charge in [0.1, 0.15) is 0 Å². The standard InChI is InChI=1S/C17H20N2O/c1-12(13-6-2-3-7-13)19-17(20)15-10-11-18-16-9-5-4-8-14(15)16/h4-5,8-13H,2-3,6-7H2,1H3,(H,19,20)/t12-/m0/s1. The molecule has 0 bridgehead atoms. The number of pyridine rings is 1. The quantitative estimate of drug-likeness (QED) is 0.925. The highest BCUT2D eigenvalue weighted by atomic mass is 16.1. The summed E-state index contributed by atoms with van der Waals surface area (Å²) in [6.07, 6.45) is 6.76. The Morgan fingerprint density at radius 3 is 2.80 bits per heavy atom. The Morgan fingerprint density at radius 1 is 1.25 bits per heavy atom. The summed E-state index contributed by atoms with van der Waals surface area (Å²) in [7, 11) is 0. The van der Waals surface area contributed by atoms with Gasteiger partial charge in [0.15, 0.2) is 0 Å². The second-order valence-corrected chi connectivity index (χ2v) is 5.68. The molecule has 1 amide bonds. The van der Waals surface area contributed by atoms with Crippen LogP contribution in [0.15, 0.2) is 36.5 Å². The van der Waals surface area contributed by atoms with Gasteiger partial charge in [0.2, 0.25) is 0 Å². The van der Waals surface area contributed by atoms with Crippen LogP contribution in [0.25, 0.3) is 10.9 Å². The van der Waals surface area contributed by atoms with Crippen LogP contribution in [0.1, 0.15) is 43.0 Å². The topological polar surface area (TPSA) is 42.0 Å². The first kappa shape index (κ1) is 13.1. The maximum Gasteiger partial charge on any atom is 0.252 e. The Bertz CT molecular complexity index is 612. The molecule has 1 fully saturated rings. The number of fused-ring (bicyclic) bond motifs is 1. The van der Waals surface area contributed by atoms with Crippen LogP contribution in [0.2, 0.25) is 0 Å². The van der Waals surface area contributed by atoms with Gasteiger partial charge >= 0.3 is 0 Å². The van der Waals surface area contributed by atoms with Crippen LogP contribution >= 0.6 is 0 Å². The highest BCUT2D eigenvalue weighted by Gasteiger charge is 2.23. The van der Waals surface area contributed by atoms with Gasteiger partial charge in [-0.05, 0) is 37.8 Å². The summed E-state index contributed by atoms with van der Waals surface area (Å²) in [6, 6.07) is 9.83. The first-order valence-corrected chi connectivity index (χ1v) is 7.40. The molecule has 1 saturated carbocycles. The molecular weight excluding hydrogens is 248 g/mol. The van der Waals surface area contributed by atoms with Crippen LogP contribution in [-0.4, -0.2) is 16.9 Å².